The van der Waals surface area contributed by atoms with Crippen molar-refractivity contribution < 1.29 is 4.39 Å². The van der Waals surface area contributed by atoms with Gasteiger partial charge < -0.3 is 0 Å². The van der Waals surface area contributed by atoms with E-state index < -0.39 is 0 Å². The third kappa shape index (κ3) is 2.21. The Labute approximate surface area is 91.8 Å². The number of hydrogen-bond acceptors (Lipinski definition) is 3. The molecule has 0 saturated carbocycles. The highest BCUT2D eigenvalue weighted by molar-refractivity contribution is 7.15. The lowest BCUT2D eigenvalue weighted by Gasteiger charge is -1.97. The molecule has 2 rings (SSSR count). The van der Waals surface area contributed by atoms with Crippen molar-refractivity contribution in [2.45, 2.75) is 19.8 Å². The van der Waals surface area contributed by atoms with Crippen LogP contribution in [0, 0.1) is 5.82 Å². The van der Waals surface area contributed by atoms with Gasteiger partial charge in [-0.1, -0.05) is 13.8 Å². The van der Waals surface area contributed by atoms with Gasteiger partial charge in [0.2, 0.25) is 0 Å². The summed E-state index contributed by atoms with van der Waals surface area (Å²) in [7, 11) is 0. The Morgan fingerprint density at radius 2 is 2.07 bits per heavy atom. The van der Waals surface area contributed by atoms with Crippen molar-refractivity contribution in [1.82, 2.24) is 9.97 Å². The minimum Gasteiger partial charge on any atom is -0.261 e. The summed E-state index contributed by atoms with van der Waals surface area (Å²) in [6.07, 6.45) is 4.67. The molecule has 0 amide bonds. The van der Waals surface area contributed by atoms with Crippen LogP contribution in [-0.4, -0.2) is 9.97 Å². The maximum atomic E-state index is 12.9. The Balaban J connectivity index is 2.37. The molecule has 0 N–H and O–H groups in total. The minimum absolute atomic E-state index is 0.325. The summed E-state index contributed by atoms with van der Waals surface area (Å²) >= 11 is 1.58. The Morgan fingerprint density at radius 3 is 2.67 bits per heavy atom. The largest absolute Gasteiger partial charge is 0.261 e. The van der Waals surface area contributed by atoms with E-state index in [0.29, 0.717) is 5.92 Å². The summed E-state index contributed by atoms with van der Waals surface area (Å²) in [5.41, 5.74) is 0.743. The normalized spacial score (nSPS) is 10.9. The molecule has 0 saturated heterocycles. The van der Waals surface area contributed by atoms with Crippen molar-refractivity contribution in [2.75, 3.05) is 0 Å². The molecule has 0 unspecified atom stereocenters. The number of halogens is 1. The zero-order chi connectivity index (χ0) is 10.8. The molecule has 4 heteroatoms. The van der Waals surface area contributed by atoms with Gasteiger partial charge in [0, 0.05) is 22.8 Å². The quantitative estimate of drug-likeness (QED) is 0.777. The summed E-state index contributed by atoms with van der Waals surface area (Å²) in [5.74, 6) is 0.131. The monoisotopic (exact) mass is 222 g/mol. The number of hydrogen-bond donors (Lipinski definition) is 0. The topological polar surface area (TPSA) is 25.8 Å². The highest BCUT2D eigenvalue weighted by Crippen LogP contribution is 2.28. The number of aromatic nitrogens is 2. The molecule has 0 bridgehead atoms. The van der Waals surface area contributed by atoms with Crippen LogP contribution in [-0.2, 0) is 0 Å². The molecular weight excluding hydrogens is 211 g/mol. The fourth-order valence-electron chi connectivity index (χ4n) is 1.22. The summed E-state index contributed by atoms with van der Waals surface area (Å²) in [5, 5.41) is 0.825. The molecule has 2 nitrogen and oxygen atoms in total. The summed E-state index contributed by atoms with van der Waals surface area (Å²) < 4.78 is 12.9. The molecule has 2 aromatic rings. The van der Waals surface area contributed by atoms with E-state index in [2.05, 4.69) is 23.8 Å². The molecule has 0 spiro atoms. The van der Waals surface area contributed by atoms with Crippen molar-refractivity contribution in [3.05, 3.63) is 35.4 Å². The van der Waals surface area contributed by atoms with E-state index in [1.807, 2.05) is 6.20 Å². The van der Waals surface area contributed by atoms with Gasteiger partial charge in [-0.05, 0) is 12.0 Å². The molecule has 0 aromatic carbocycles. The third-order valence-corrected chi connectivity index (χ3v) is 3.39. The van der Waals surface area contributed by atoms with E-state index in [-0.39, 0.29) is 5.82 Å². The van der Waals surface area contributed by atoms with Crippen molar-refractivity contribution in [3.8, 4) is 10.6 Å². The van der Waals surface area contributed by atoms with E-state index in [0.717, 1.165) is 10.6 Å². The first-order chi connectivity index (χ1) is 7.16. The Kier molecular flexibility index (Phi) is 2.77. The zero-order valence-electron chi connectivity index (χ0n) is 8.57. The predicted octanol–water partition coefficient (Wildman–Crippen LogP) is 3.47. The first-order valence-electron chi connectivity index (χ1n) is 4.73. The third-order valence-electron chi connectivity index (χ3n) is 2.04. The molecule has 2 heterocycles. The van der Waals surface area contributed by atoms with Crippen LogP contribution in [0.5, 0.6) is 0 Å². The van der Waals surface area contributed by atoms with Crippen LogP contribution in [0.4, 0.5) is 4.39 Å². The van der Waals surface area contributed by atoms with Crippen LogP contribution in [0.25, 0.3) is 10.6 Å². The fraction of sp³-hybridized carbons (Fsp3) is 0.273. The van der Waals surface area contributed by atoms with Crippen LogP contribution >= 0.6 is 11.3 Å². The smallest absolute Gasteiger partial charge is 0.142 e. The summed E-state index contributed by atoms with van der Waals surface area (Å²) in [4.78, 5) is 9.27. The van der Waals surface area contributed by atoms with E-state index in [9.17, 15) is 4.39 Å². The minimum atomic E-state index is -0.325. The molecule has 78 valence electrons. The second-order valence-corrected chi connectivity index (χ2v) is 4.68. The number of thiazole rings is 1. The van der Waals surface area contributed by atoms with E-state index in [1.165, 1.54) is 17.1 Å². The maximum Gasteiger partial charge on any atom is 0.142 e. The molecule has 0 radical (unpaired) electrons. The van der Waals surface area contributed by atoms with Gasteiger partial charge >= 0.3 is 0 Å². The van der Waals surface area contributed by atoms with E-state index in [1.54, 1.807) is 17.5 Å². The van der Waals surface area contributed by atoms with Gasteiger partial charge in [0.25, 0.3) is 0 Å². The maximum absolute atomic E-state index is 12.9. The summed E-state index contributed by atoms with van der Waals surface area (Å²) in [6.45, 7) is 4.22. The van der Waals surface area contributed by atoms with Gasteiger partial charge in [-0.2, -0.15) is 0 Å². The molecule has 0 fully saturated rings. The molecular formula is C11H11FN2S. The van der Waals surface area contributed by atoms with Gasteiger partial charge in [0.05, 0.1) is 6.20 Å². The predicted molar refractivity (Wildman–Crippen MR) is 59.4 cm³/mol. The van der Waals surface area contributed by atoms with Crippen LogP contribution in [0.1, 0.15) is 24.6 Å². The van der Waals surface area contributed by atoms with E-state index >= 15 is 0 Å². The molecule has 2 aromatic heterocycles. The van der Waals surface area contributed by atoms with Crippen LogP contribution in [0.2, 0.25) is 0 Å². The number of pyridine rings is 1. The van der Waals surface area contributed by atoms with Crippen molar-refractivity contribution in [2.24, 2.45) is 0 Å². The van der Waals surface area contributed by atoms with Gasteiger partial charge in [0.1, 0.15) is 10.8 Å². The zero-order valence-corrected chi connectivity index (χ0v) is 9.38. The van der Waals surface area contributed by atoms with Crippen molar-refractivity contribution >= 4 is 11.3 Å². The average Bonchev–Trinajstić information content (AvgIpc) is 2.66. The first-order valence-corrected chi connectivity index (χ1v) is 5.55. The number of nitrogens with zero attached hydrogens (tertiary/aromatic N) is 2. The second kappa shape index (κ2) is 4.06. The van der Waals surface area contributed by atoms with Crippen LogP contribution in [0.3, 0.4) is 0 Å². The first kappa shape index (κ1) is 10.2. The van der Waals surface area contributed by atoms with Crippen LogP contribution in [0.15, 0.2) is 24.7 Å². The van der Waals surface area contributed by atoms with Crippen LogP contribution < -0.4 is 0 Å². The lowest BCUT2D eigenvalue weighted by Crippen LogP contribution is -1.81. The SMILES string of the molecule is CC(C)c1cnc(-c2cncc(F)c2)s1. The highest BCUT2D eigenvalue weighted by atomic mass is 32.1. The van der Waals surface area contributed by atoms with Crippen molar-refractivity contribution in [3.63, 3.8) is 0 Å². The van der Waals surface area contributed by atoms with Crippen molar-refractivity contribution in [1.29, 1.82) is 0 Å². The van der Waals surface area contributed by atoms with E-state index in [4.69, 9.17) is 0 Å². The lowest BCUT2D eigenvalue weighted by atomic mass is 10.2. The Morgan fingerprint density at radius 1 is 1.27 bits per heavy atom. The molecule has 0 aliphatic carbocycles. The number of rotatable bonds is 2. The van der Waals surface area contributed by atoms with Gasteiger partial charge in [0.15, 0.2) is 0 Å². The second-order valence-electron chi connectivity index (χ2n) is 3.61. The van der Waals surface area contributed by atoms with Gasteiger partial charge in [-0.3, -0.25) is 4.98 Å². The Bertz CT molecular complexity index is 465. The summed E-state index contributed by atoms with van der Waals surface area (Å²) in [6, 6.07) is 1.45. The van der Waals surface area contributed by atoms with Gasteiger partial charge in [-0.15, -0.1) is 11.3 Å². The standard InChI is InChI=1S/C11H11FN2S/c1-7(2)10-6-14-11(15-10)8-3-9(12)5-13-4-8/h3-7H,1-2H3. The molecule has 0 aliphatic heterocycles. The molecule has 0 atom stereocenters. The highest BCUT2D eigenvalue weighted by Gasteiger charge is 2.08. The Hall–Kier alpha value is -1.29. The van der Waals surface area contributed by atoms with Gasteiger partial charge in [-0.25, -0.2) is 9.37 Å². The fourth-order valence-corrected chi connectivity index (χ4v) is 2.12. The molecule has 0 aliphatic rings. The lowest BCUT2D eigenvalue weighted by molar-refractivity contribution is 0.622. The molecule has 15 heavy (non-hydrogen) atoms. The average molecular weight is 222 g/mol.